The maximum atomic E-state index is 5.65. The summed E-state index contributed by atoms with van der Waals surface area (Å²) in [4.78, 5) is 0. The molecule has 0 amide bonds. The third-order valence-corrected chi connectivity index (χ3v) is 8.95. The van der Waals surface area contributed by atoms with Crippen LogP contribution in [0.4, 0.5) is 0 Å². The van der Waals surface area contributed by atoms with E-state index in [2.05, 4.69) is 13.8 Å². The van der Waals surface area contributed by atoms with Gasteiger partial charge in [0.2, 0.25) is 0 Å². The first-order valence-electron chi connectivity index (χ1n) is 15.6. The van der Waals surface area contributed by atoms with Gasteiger partial charge in [0, 0.05) is 0 Å². The van der Waals surface area contributed by atoms with Crippen LogP contribution in [-0.2, 0) is 26.1 Å². The number of halogens is 1. The SMILES string of the molecule is CCCCCCCCCCOP1Oc2ccccc2O1.CCCCCCCCCCOP1Oc2ccccc2O1.[Br-].[Cu+]. The van der Waals surface area contributed by atoms with Gasteiger partial charge in [0.15, 0.2) is 23.0 Å². The maximum Gasteiger partial charge on any atom is 1.00 e. The molecular formula is C32H50BrCuO6P2. The van der Waals surface area contributed by atoms with Crippen LogP contribution in [0.5, 0.6) is 23.0 Å². The first-order chi connectivity index (χ1) is 19.8. The fourth-order valence-corrected chi connectivity index (χ4v) is 6.50. The molecule has 42 heavy (non-hydrogen) atoms. The van der Waals surface area contributed by atoms with E-state index in [9.17, 15) is 0 Å². The quantitative estimate of drug-likeness (QED) is 0.0771. The Bertz CT molecular complexity index is 805. The van der Waals surface area contributed by atoms with Gasteiger partial charge in [-0.05, 0) is 37.1 Å². The van der Waals surface area contributed by atoms with Gasteiger partial charge in [0.05, 0.1) is 13.2 Å². The van der Waals surface area contributed by atoms with Crippen molar-refractivity contribution in [2.45, 2.75) is 117 Å². The van der Waals surface area contributed by atoms with Crippen LogP contribution < -0.4 is 35.1 Å². The number of fused-ring (bicyclic) bond motifs is 2. The summed E-state index contributed by atoms with van der Waals surface area (Å²) in [5, 5.41) is 0. The van der Waals surface area contributed by atoms with E-state index in [1.54, 1.807) is 0 Å². The van der Waals surface area contributed by atoms with Gasteiger partial charge in [-0.3, -0.25) is 9.05 Å². The molecule has 2 aromatic rings. The number of benzene rings is 2. The summed E-state index contributed by atoms with van der Waals surface area (Å²) in [5.74, 6) is 3.20. The summed E-state index contributed by atoms with van der Waals surface area (Å²) in [6, 6.07) is 15.4. The van der Waals surface area contributed by atoms with Gasteiger partial charge < -0.3 is 35.1 Å². The number of hydrogen-bond donors (Lipinski definition) is 0. The van der Waals surface area contributed by atoms with Gasteiger partial charge in [0.25, 0.3) is 0 Å². The molecule has 2 aliphatic rings. The molecule has 0 atom stereocenters. The second kappa shape index (κ2) is 25.7. The van der Waals surface area contributed by atoms with Crippen LogP contribution in [0.25, 0.3) is 0 Å². The van der Waals surface area contributed by atoms with Crippen molar-refractivity contribution in [2.24, 2.45) is 0 Å². The van der Waals surface area contributed by atoms with E-state index in [4.69, 9.17) is 27.1 Å². The Labute approximate surface area is 278 Å². The van der Waals surface area contributed by atoms with Crippen LogP contribution in [0.3, 0.4) is 0 Å². The van der Waals surface area contributed by atoms with Gasteiger partial charge in [-0.1, -0.05) is 128 Å². The van der Waals surface area contributed by atoms with Crippen LogP contribution in [0.15, 0.2) is 48.5 Å². The molecule has 0 bridgehead atoms. The largest absolute Gasteiger partial charge is 1.00 e. The minimum atomic E-state index is -1.20. The second-order valence-corrected chi connectivity index (χ2v) is 12.5. The number of rotatable bonds is 20. The zero-order valence-corrected chi connectivity index (χ0v) is 29.7. The van der Waals surface area contributed by atoms with Crippen LogP contribution in [0.2, 0.25) is 0 Å². The average molecular weight is 736 g/mol. The Morgan fingerprint density at radius 3 is 1.00 bits per heavy atom. The molecule has 0 saturated carbocycles. The van der Waals surface area contributed by atoms with Gasteiger partial charge in [0.1, 0.15) is 0 Å². The molecular weight excluding hydrogens is 686 g/mol. The fraction of sp³-hybridized carbons (Fsp3) is 0.625. The van der Waals surface area contributed by atoms with E-state index >= 15 is 0 Å². The number of para-hydroxylation sites is 4. The van der Waals surface area contributed by atoms with Crippen molar-refractivity contribution in [3.8, 4) is 23.0 Å². The summed E-state index contributed by atoms with van der Waals surface area (Å²) in [5.41, 5.74) is 0. The molecule has 0 unspecified atom stereocenters. The molecule has 0 fully saturated rings. The zero-order valence-electron chi connectivity index (χ0n) is 25.4. The molecule has 0 N–H and O–H groups in total. The number of unbranched alkanes of at least 4 members (excludes halogenated alkanes) is 14. The van der Waals surface area contributed by atoms with Gasteiger partial charge in [-0.25, -0.2) is 0 Å². The summed E-state index contributed by atoms with van der Waals surface area (Å²) in [7, 11) is -2.41. The minimum absolute atomic E-state index is 0. The predicted molar refractivity (Wildman–Crippen MR) is 166 cm³/mol. The van der Waals surface area contributed by atoms with Gasteiger partial charge in [-0.15, -0.1) is 0 Å². The normalized spacial score (nSPS) is 13.2. The monoisotopic (exact) mass is 734 g/mol. The van der Waals surface area contributed by atoms with E-state index in [1.165, 1.54) is 89.9 Å². The predicted octanol–water partition coefficient (Wildman–Crippen LogP) is 8.69. The summed E-state index contributed by atoms with van der Waals surface area (Å²) in [6.07, 6.45) is 20.9. The fourth-order valence-electron chi connectivity index (χ4n) is 4.42. The molecule has 0 radical (unpaired) electrons. The van der Waals surface area contributed by atoms with Crippen LogP contribution in [0.1, 0.15) is 117 Å². The minimum Gasteiger partial charge on any atom is -1.00 e. The average Bonchev–Trinajstić information content (AvgIpc) is 3.59. The summed E-state index contributed by atoms with van der Waals surface area (Å²) in [6.45, 7) is 5.97. The Hall–Kier alpha value is -0.581. The number of hydrogen-bond acceptors (Lipinski definition) is 6. The first kappa shape index (κ1) is 39.4. The Morgan fingerprint density at radius 2 is 0.714 bits per heavy atom. The van der Waals surface area contributed by atoms with Crippen molar-refractivity contribution in [1.82, 2.24) is 0 Å². The molecule has 4 rings (SSSR count). The van der Waals surface area contributed by atoms with Crippen molar-refractivity contribution in [2.75, 3.05) is 13.2 Å². The maximum absolute atomic E-state index is 5.65. The van der Waals surface area contributed by atoms with E-state index in [0.29, 0.717) is 0 Å². The van der Waals surface area contributed by atoms with E-state index < -0.39 is 17.2 Å². The van der Waals surface area contributed by atoms with Crippen LogP contribution in [-0.4, -0.2) is 13.2 Å². The van der Waals surface area contributed by atoms with Crippen molar-refractivity contribution >= 4 is 17.2 Å². The smallest absolute Gasteiger partial charge is 1.00 e. The zero-order chi connectivity index (χ0) is 28.1. The van der Waals surface area contributed by atoms with Gasteiger partial charge in [-0.2, -0.15) is 0 Å². The van der Waals surface area contributed by atoms with E-state index in [1.807, 2.05) is 48.5 Å². The molecule has 6 nitrogen and oxygen atoms in total. The standard InChI is InChI=1S/2C16H25O3P.BrH.Cu/c2*1-2-3-4-5-6-7-8-11-14-17-20-18-15-12-9-10-13-16(15)19-20;;/h2*9-10,12-13H,2-8,11,14H2,1H3;1H;/q;;;+1/p-1. The molecule has 2 aliphatic heterocycles. The molecule has 242 valence electrons. The third kappa shape index (κ3) is 16.5. The van der Waals surface area contributed by atoms with Gasteiger partial charge >= 0.3 is 34.3 Å². The Balaban J connectivity index is 0.000000401. The summed E-state index contributed by atoms with van der Waals surface area (Å²) < 4.78 is 33.7. The molecule has 0 spiro atoms. The van der Waals surface area contributed by atoms with Crippen LogP contribution in [0, 0.1) is 0 Å². The van der Waals surface area contributed by atoms with E-state index in [0.717, 1.165) is 49.1 Å². The molecule has 0 aliphatic carbocycles. The van der Waals surface area contributed by atoms with Crippen LogP contribution >= 0.6 is 17.2 Å². The third-order valence-electron chi connectivity index (χ3n) is 6.78. The Morgan fingerprint density at radius 1 is 0.452 bits per heavy atom. The molecule has 10 heteroatoms. The first-order valence-corrected chi connectivity index (χ1v) is 17.7. The van der Waals surface area contributed by atoms with E-state index in [-0.39, 0.29) is 34.1 Å². The topological polar surface area (TPSA) is 55.4 Å². The van der Waals surface area contributed by atoms with Crippen molar-refractivity contribution in [3.05, 3.63) is 48.5 Å². The second-order valence-electron chi connectivity index (χ2n) is 10.3. The molecule has 2 aromatic carbocycles. The van der Waals surface area contributed by atoms with Crippen molar-refractivity contribution in [1.29, 1.82) is 0 Å². The molecule has 0 aromatic heterocycles. The summed E-state index contributed by atoms with van der Waals surface area (Å²) >= 11 is 0. The molecule has 0 saturated heterocycles. The Kier molecular flexibility index (Phi) is 24.2. The molecule has 2 heterocycles. The van der Waals surface area contributed by atoms with Crippen molar-refractivity contribution < 1.29 is 61.2 Å². The van der Waals surface area contributed by atoms with Crippen molar-refractivity contribution in [3.63, 3.8) is 0 Å².